The van der Waals surface area contributed by atoms with Crippen LogP contribution in [0.2, 0.25) is 0 Å². The summed E-state index contributed by atoms with van der Waals surface area (Å²) in [5.74, 6) is -3.85. The number of ketones is 1. The quantitative estimate of drug-likeness (QED) is 0.600. The monoisotopic (exact) mass is 464 g/mol. The van der Waals surface area contributed by atoms with Crippen molar-refractivity contribution in [2.75, 3.05) is 5.75 Å². The van der Waals surface area contributed by atoms with Crippen molar-refractivity contribution < 1.29 is 36.6 Å². The van der Waals surface area contributed by atoms with Crippen molar-refractivity contribution in [3.05, 3.63) is 23.8 Å². The Kier molecular flexibility index (Phi) is 5.29. The highest BCUT2D eigenvalue weighted by Gasteiger charge is 2.72. The van der Waals surface area contributed by atoms with Gasteiger partial charge in [0.1, 0.15) is 6.17 Å². The zero-order chi connectivity index (χ0) is 23.0. The maximum absolute atomic E-state index is 16.8. The van der Waals surface area contributed by atoms with Gasteiger partial charge in [-0.05, 0) is 61.7 Å². The first-order chi connectivity index (χ1) is 14.2. The first-order valence-electron chi connectivity index (χ1n) is 10.4. The predicted molar refractivity (Wildman–Crippen MR) is 106 cm³/mol. The van der Waals surface area contributed by atoms with Crippen LogP contribution >= 0.6 is 11.8 Å². The van der Waals surface area contributed by atoms with Crippen LogP contribution in [0.1, 0.15) is 39.5 Å². The van der Waals surface area contributed by atoms with Crippen LogP contribution in [-0.4, -0.2) is 45.9 Å². The van der Waals surface area contributed by atoms with Gasteiger partial charge in [-0.3, -0.25) is 9.59 Å². The summed E-state index contributed by atoms with van der Waals surface area (Å²) in [4.78, 5) is 24.4. The highest BCUT2D eigenvalue weighted by Crippen LogP contribution is 2.69. The lowest BCUT2D eigenvalue weighted by Gasteiger charge is -2.62. The molecule has 4 aliphatic rings. The molecule has 4 rings (SSSR count). The van der Waals surface area contributed by atoms with E-state index in [1.54, 1.807) is 6.92 Å². The Hall–Kier alpha value is -1.22. The highest BCUT2D eigenvalue weighted by atomic mass is 32.2. The van der Waals surface area contributed by atoms with Gasteiger partial charge in [0.25, 0.3) is 0 Å². The Morgan fingerprint density at radius 3 is 2.58 bits per heavy atom. The number of aliphatic hydroxyl groups is 1. The molecule has 172 valence electrons. The summed E-state index contributed by atoms with van der Waals surface area (Å²) in [6.07, 6.45) is -3.62. The second kappa shape index (κ2) is 7.14. The van der Waals surface area contributed by atoms with Gasteiger partial charge < -0.3 is 5.11 Å². The molecule has 0 aromatic carbocycles. The molecule has 0 aliphatic heterocycles. The van der Waals surface area contributed by atoms with Crippen molar-refractivity contribution in [3.63, 3.8) is 0 Å². The third-order valence-corrected chi connectivity index (χ3v) is 9.33. The topological polar surface area (TPSA) is 54.4 Å². The molecule has 0 spiro atoms. The number of carbonyl (C=O) groups is 2. The van der Waals surface area contributed by atoms with E-state index >= 15 is 8.78 Å². The molecule has 0 aromatic rings. The van der Waals surface area contributed by atoms with E-state index in [4.69, 9.17) is 0 Å². The highest BCUT2D eigenvalue weighted by molar-refractivity contribution is 8.13. The molecule has 0 heterocycles. The van der Waals surface area contributed by atoms with Crippen molar-refractivity contribution in [1.82, 2.24) is 0 Å². The number of thioether (sulfide) groups is 1. The van der Waals surface area contributed by atoms with Crippen molar-refractivity contribution >= 4 is 22.7 Å². The SMILES string of the molecule is C[C@]12C[C@H](O)[C@@]3(F)[C@@H](C[C@H](F)C4=CC(=O)C=C[C@@]43C)C1CC[C@@H]2C(=O)SCC(F)(F)F. The van der Waals surface area contributed by atoms with Crippen LogP contribution in [0, 0.1) is 28.6 Å². The lowest BCUT2D eigenvalue weighted by Crippen LogP contribution is -2.68. The fourth-order valence-electron chi connectivity index (χ4n) is 6.84. The fourth-order valence-corrected chi connectivity index (χ4v) is 7.74. The molecule has 0 radical (unpaired) electrons. The lowest BCUT2D eigenvalue weighted by atomic mass is 9.45. The van der Waals surface area contributed by atoms with E-state index in [1.165, 1.54) is 19.1 Å². The minimum Gasteiger partial charge on any atom is -0.390 e. The molecular formula is C22H25F5O3S. The van der Waals surface area contributed by atoms with E-state index in [9.17, 15) is 27.9 Å². The summed E-state index contributed by atoms with van der Waals surface area (Å²) >= 11 is 0.212. The Morgan fingerprint density at radius 2 is 1.94 bits per heavy atom. The van der Waals surface area contributed by atoms with Crippen LogP contribution in [0.4, 0.5) is 22.0 Å². The summed E-state index contributed by atoms with van der Waals surface area (Å²) in [5.41, 5.74) is -4.63. The molecule has 4 aliphatic carbocycles. The molecule has 8 atom stereocenters. The number of aliphatic hydroxyl groups excluding tert-OH is 1. The van der Waals surface area contributed by atoms with Gasteiger partial charge in [-0.2, -0.15) is 13.2 Å². The van der Waals surface area contributed by atoms with E-state index < -0.39 is 69.4 Å². The van der Waals surface area contributed by atoms with Crippen LogP contribution < -0.4 is 0 Å². The second-order valence-electron chi connectivity index (χ2n) is 9.80. The number of alkyl halides is 5. The first-order valence-corrected chi connectivity index (χ1v) is 11.4. The molecular weight excluding hydrogens is 439 g/mol. The maximum atomic E-state index is 16.8. The number of allylic oxidation sites excluding steroid dienone is 4. The number of hydrogen-bond donors (Lipinski definition) is 1. The smallest absolute Gasteiger partial charge is 0.390 e. The normalized spacial score (nSPS) is 46.8. The maximum Gasteiger partial charge on any atom is 0.398 e. The molecule has 1 unspecified atom stereocenters. The minimum atomic E-state index is -4.48. The van der Waals surface area contributed by atoms with Crippen molar-refractivity contribution in [3.8, 4) is 0 Å². The molecule has 3 saturated carbocycles. The third kappa shape index (κ3) is 3.24. The van der Waals surface area contributed by atoms with E-state index in [2.05, 4.69) is 0 Å². The number of carbonyl (C=O) groups excluding carboxylic acids is 2. The Balaban J connectivity index is 1.68. The Morgan fingerprint density at radius 1 is 1.26 bits per heavy atom. The van der Waals surface area contributed by atoms with Crippen LogP contribution in [0.15, 0.2) is 23.8 Å². The van der Waals surface area contributed by atoms with Gasteiger partial charge in [-0.25, -0.2) is 8.78 Å². The number of rotatable bonds is 2. The van der Waals surface area contributed by atoms with Gasteiger partial charge in [0.2, 0.25) is 0 Å². The van der Waals surface area contributed by atoms with Crippen LogP contribution in [0.3, 0.4) is 0 Å². The first kappa shape index (κ1) is 23.0. The zero-order valence-electron chi connectivity index (χ0n) is 17.2. The summed E-state index contributed by atoms with van der Waals surface area (Å²) in [5, 5.41) is 10.4. The summed E-state index contributed by atoms with van der Waals surface area (Å²) in [6, 6.07) is 0. The van der Waals surface area contributed by atoms with Gasteiger partial charge in [0.15, 0.2) is 16.6 Å². The number of hydrogen-bond acceptors (Lipinski definition) is 4. The van der Waals surface area contributed by atoms with Gasteiger partial charge in [0.05, 0.1) is 11.9 Å². The Bertz CT molecular complexity index is 870. The van der Waals surface area contributed by atoms with E-state index in [0.29, 0.717) is 6.42 Å². The van der Waals surface area contributed by atoms with Crippen LogP contribution in [0.25, 0.3) is 0 Å². The number of halogens is 5. The molecule has 0 bridgehead atoms. The standard InChI is InChI=1S/C22H25F5O3S/c1-19-9-17(29)22(27)14(8-16(23)15-7-11(28)5-6-20(15,22)2)12(19)3-4-13(19)18(30)31-10-21(24,25)26/h5-7,12-14,16-17,29H,3-4,8-10H2,1-2H3/t12?,13-,14+,16+,17+,19+,20+,22+/m1/s1. The van der Waals surface area contributed by atoms with Crippen LogP contribution in [0.5, 0.6) is 0 Å². The van der Waals surface area contributed by atoms with Crippen molar-refractivity contribution in [2.45, 2.75) is 63.7 Å². The van der Waals surface area contributed by atoms with Gasteiger partial charge >= 0.3 is 6.18 Å². The fraction of sp³-hybridized carbons (Fsp3) is 0.727. The second-order valence-corrected chi connectivity index (χ2v) is 10.8. The summed E-state index contributed by atoms with van der Waals surface area (Å²) in [6.45, 7) is 3.20. The average Bonchev–Trinajstić information content (AvgIpc) is 3.00. The summed E-state index contributed by atoms with van der Waals surface area (Å²) in [7, 11) is 0. The van der Waals surface area contributed by atoms with E-state index in [1.807, 2.05) is 0 Å². The molecule has 9 heteroatoms. The predicted octanol–water partition coefficient (Wildman–Crippen LogP) is 4.74. The molecule has 3 fully saturated rings. The molecule has 3 nitrogen and oxygen atoms in total. The molecule has 0 saturated heterocycles. The van der Waals surface area contributed by atoms with Gasteiger partial charge in [0, 0.05) is 17.3 Å². The van der Waals surface area contributed by atoms with E-state index in [0.717, 1.165) is 6.08 Å². The Labute approximate surface area is 181 Å². The summed E-state index contributed by atoms with van der Waals surface area (Å²) < 4.78 is 69.8. The minimum absolute atomic E-state index is 0.0211. The molecule has 0 aromatic heterocycles. The van der Waals surface area contributed by atoms with Crippen molar-refractivity contribution in [2.24, 2.45) is 28.6 Å². The van der Waals surface area contributed by atoms with E-state index in [-0.39, 0.29) is 36.6 Å². The number of fused-ring (bicyclic) bond motifs is 5. The third-order valence-electron chi connectivity index (χ3n) is 8.29. The average molecular weight is 464 g/mol. The largest absolute Gasteiger partial charge is 0.398 e. The molecule has 31 heavy (non-hydrogen) atoms. The van der Waals surface area contributed by atoms with Crippen LogP contribution in [-0.2, 0) is 9.59 Å². The molecule has 1 N–H and O–H groups in total. The van der Waals surface area contributed by atoms with Gasteiger partial charge in [-0.15, -0.1) is 0 Å². The van der Waals surface area contributed by atoms with Crippen molar-refractivity contribution in [1.29, 1.82) is 0 Å². The lowest BCUT2D eigenvalue weighted by molar-refractivity contribution is -0.201. The van der Waals surface area contributed by atoms with Gasteiger partial charge in [-0.1, -0.05) is 24.8 Å². The molecule has 0 amide bonds. The zero-order valence-corrected chi connectivity index (χ0v) is 18.0.